The van der Waals surface area contributed by atoms with Crippen LogP contribution in [-0.2, 0) is 16.2 Å². The summed E-state index contributed by atoms with van der Waals surface area (Å²) >= 11 is 0. The minimum Gasteiger partial charge on any atom is -0.395 e. The predicted molar refractivity (Wildman–Crippen MR) is 76.8 cm³/mol. The first kappa shape index (κ1) is 19.2. The van der Waals surface area contributed by atoms with E-state index in [0.29, 0.717) is 12.1 Å². The summed E-state index contributed by atoms with van der Waals surface area (Å²) in [7, 11) is -4.16. The number of halogens is 3. The second-order valence-corrected chi connectivity index (χ2v) is 6.34. The van der Waals surface area contributed by atoms with Crippen molar-refractivity contribution >= 4 is 10.0 Å². The van der Waals surface area contributed by atoms with Crippen LogP contribution in [0.4, 0.5) is 13.2 Å². The molecule has 0 heterocycles. The second kappa shape index (κ2) is 7.59. The summed E-state index contributed by atoms with van der Waals surface area (Å²) in [4.78, 5) is -0.471. The summed E-state index contributed by atoms with van der Waals surface area (Å²) in [6.45, 7) is 1.24. The van der Waals surface area contributed by atoms with Gasteiger partial charge in [0.15, 0.2) is 0 Å². The van der Waals surface area contributed by atoms with E-state index in [1.54, 1.807) is 19.1 Å². The summed E-state index contributed by atoms with van der Waals surface area (Å²) in [6, 6.07) is 2.51. The van der Waals surface area contributed by atoms with Gasteiger partial charge in [-0.25, -0.2) is 13.1 Å². The van der Waals surface area contributed by atoms with E-state index in [9.17, 15) is 21.6 Å². The van der Waals surface area contributed by atoms with Crippen LogP contribution in [0.2, 0.25) is 0 Å². The molecular weight excluding hydrogens is 333 g/mol. The highest BCUT2D eigenvalue weighted by Gasteiger charge is 2.34. The van der Waals surface area contributed by atoms with Gasteiger partial charge in [0.2, 0.25) is 10.0 Å². The molecule has 0 aliphatic heterocycles. The zero-order valence-electron chi connectivity index (χ0n) is 12.1. The summed E-state index contributed by atoms with van der Waals surface area (Å²) < 4.78 is 64.6. The largest absolute Gasteiger partial charge is 0.417 e. The van der Waals surface area contributed by atoms with E-state index in [1.165, 1.54) is 6.07 Å². The van der Waals surface area contributed by atoms with Crippen molar-refractivity contribution in [3.8, 4) is 6.07 Å². The number of aliphatic hydroxyl groups is 1. The van der Waals surface area contributed by atoms with Gasteiger partial charge in [-0.15, -0.1) is 0 Å². The lowest BCUT2D eigenvalue weighted by atomic mass is 10.1. The van der Waals surface area contributed by atoms with Gasteiger partial charge in [-0.1, -0.05) is 12.2 Å². The second-order valence-electron chi connectivity index (χ2n) is 4.62. The minimum atomic E-state index is -4.75. The number of hydrogen-bond acceptors (Lipinski definition) is 4. The number of rotatable bonds is 6. The fourth-order valence-corrected chi connectivity index (χ4v) is 3.04. The van der Waals surface area contributed by atoms with E-state index < -0.39 is 44.9 Å². The number of nitrogens with zero attached hydrogens (tertiary/aromatic N) is 1. The molecule has 0 spiro atoms. The van der Waals surface area contributed by atoms with Gasteiger partial charge in [0.05, 0.1) is 28.7 Å². The van der Waals surface area contributed by atoms with Crippen molar-refractivity contribution < 1.29 is 26.7 Å². The zero-order valence-corrected chi connectivity index (χ0v) is 12.9. The summed E-state index contributed by atoms with van der Waals surface area (Å²) in [5, 5.41) is 18.0. The molecule has 0 radical (unpaired) electrons. The maximum absolute atomic E-state index is 12.7. The molecule has 0 saturated carbocycles. The molecule has 0 aliphatic carbocycles. The summed E-state index contributed by atoms with van der Waals surface area (Å²) in [6.07, 6.45) is -1.22. The molecule has 2 N–H and O–H groups in total. The molecule has 0 bridgehead atoms. The third kappa shape index (κ3) is 5.06. The van der Waals surface area contributed by atoms with Crippen LogP contribution in [0, 0.1) is 11.3 Å². The van der Waals surface area contributed by atoms with E-state index in [4.69, 9.17) is 10.4 Å². The highest BCUT2D eigenvalue weighted by Crippen LogP contribution is 2.32. The molecule has 1 rings (SSSR count). The van der Waals surface area contributed by atoms with Crippen LogP contribution in [0.5, 0.6) is 0 Å². The molecule has 23 heavy (non-hydrogen) atoms. The van der Waals surface area contributed by atoms with E-state index in [-0.39, 0.29) is 6.42 Å². The Balaban J connectivity index is 3.17. The van der Waals surface area contributed by atoms with Crippen molar-refractivity contribution in [1.82, 2.24) is 4.72 Å². The standard InChI is InChI=1S/C14H15F3N2O3S/c1-2-3-4-11(9-20)19-23(21,22)12-5-6-13(14(15,16)17)10(7-12)8-18/h2-3,5-7,11,19-20H,4,9H2,1H3/b3-2+/t11-/m1/s1. The van der Waals surface area contributed by atoms with E-state index in [0.717, 1.165) is 6.07 Å². The van der Waals surface area contributed by atoms with E-state index in [2.05, 4.69) is 4.72 Å². The lowest BCUT2D eigenvalue weighted by Gasteiger charge is -2.16. The maximum Gasteiger partial charge on any atom is 0.417 e. The molecule has 0 unspecified atom stereocenters. The third-order valence-electron chi connectivity index (χ3n) is 2.93. The van der Waals surface area contributed by atoms with Crippen molar-refractivity contribution in [2.75, 3.05) is 6.61 Å². The van der Waals surface area contributed by atoms with Crippen molar-refractivity contribution in [1.29, 1.82) is 5.26 Å². The van der Waals surface area contributed by atoms with Crippen molar-refractivity contribution in [3.05, 3.63) is 41.5 Å². The van der Waals surface area contributed by atoms with Crippen molar-refractivity contribution in [2.24, 2.45) is 0 Å². The number of aliphatic hydroxyl groups excluding tert-OH is 1. The van der Waals surface area contributed by atoms with Gasteiger partial charge in [-0.3, -0.25) is 0 Å². The Morgan fingerprint density at radius 1 is 1.43 bits per heavy atom. The van der Waals surface area contributed by atoms with Gasteiger partial charge in [-0.2, -0.15) is 18.4 Å². The Kier molecular flexibility index (Phi) is 6.32. The highest BCUT2D eigenvalue weighted by molar-refractivity contribution is 7.89. The van der Waals surface area contributed by atoms with Gasteiger partial charge >= 0.3 is 6.18 Å². The number of hydrogen-bond donors (Lipinski definition) is 2. The lowest BCUT2D eigenvalue weighted by Crippen LogP contribution is -2.37. The van der Waals surface area contributed by atoms with Crippen LogP contribution >= 0.6 is 0 Å². The Bertz CT molecular complexity index is 722. The molecule has 5 nitrogen and oxygen atoms in total. The number of nitrogens with one attached hydrogen (secondary N) is 1. The van der Waals surface area contributed by atoms with Gasteiger partial charge in [0.1, 0.15) is 0 Å². The molecule has 0 aromatic heterocycles. The van der Waals surface area contributed by atoms with Crippen LogP contribution in [0.25, 0.3) is 0 Å². The molecule has 0 amide bonds. The van der Waals surface area contributed by atoms with Crippen LogP contribution in [0.15, 0.2) is 35.2 Å². The molecule has 0 aliphatic rings. The monoisotopic (exact) mass is 348 g/mol. The van der Waals surface area contributed by atoms with Gasteiger partial charge in [-0.05, 0) is 31.5 Å². The zero-order chi connectivity index (χ0) is 17.7. The molecule has 1 aromatic carbocycles. The Morgan fingerprint density at radius 2 is 2.09 bits per heavy atom. The fraction of sp³-hybridized carbons (Fsp3) is 0.357. The normalized spacial score (nSPS) is 13.9. The molecule has 1 aromatic rings. The fourth-order valence-electron chi connectivity index (χ4n) is 1.78. The first-order valence-corrected chi connectivity index (χ1v) is 7.99. The highest BCUT2D eigenvalue weighted by atomic mass is 32.2. The summed E-state index contributed by atoms with van der Waals surface area (Å²) in [5.41, 5.74) is -1.99. The van der Waals surface area contributed by atoms with Crippen LogP contribution < -0.4 is 4.72 Å². The number of nitriles is 1. The van der Waals surface area contributed by atoms with E-state index in [1.807, 2.05) is 0 Å². The van der Waals surface area contributed by atoms with Crippen molar-refractivity contribution in [3.63, 3.8) is 0 Å². The lowest BCUT2D eigenvalue weighted by molar-refractivity contribution is -0.137. The molecule has 0 saturated heterocycles. The van der Waals surface area contributed by atoms with Gasteiger partial charge in [0, 0.05) is 6.04 Å². The Morgan fingerprint density at radius 3 is 2.57 bits per heavy atom. The average Bonchev–Trinajstić information content (AvgIpc) is 2.49. The topological polar surface area (TPSA) is 90.2 Å². The average molecular weight is 348 g/mol. The minimum absolute atomic E-state index is 0.220. The van der Waals surface area contributed by atoms with Crippen LogP contribution in [-0.4, -0.2) is 26.2 Å². The first-order valence-electron chi connectivity index (χ1n) is 6.51. The van der Waals surface area contributed by atoms with E-state index >= 15 is 0 Å². The molecule has 0 fully saturated rings. The number of allylic oxidation sites excluding steroid dienone is 1. The van der Waals surface area contributed by atoms with Gasteiger partial charge < -0.3 is 5.11 Å². The first-order chi connectivity index (χ1) is 10.7. The number of sulfonamides is 1. The quantitative estimate of drug-likeness (QED) is 0.771. The molecule has 9 heteroatoms. The number of alkyl halides is 3. The number of benzene rings is 1. The Labute approximate surface area is 132 Å². The SMILES string of the molecule is C/C=C/C[C@H](CO)NS(=O)(=O)c1ccc(C(F)(F)F)c(C#N)c1. The molecule has 126 valence electrons. The Hall–Kier alpha value is -1.89. The van der Waals surface area contributed by atoms with Crippen LogP contribution in [0.3, 0.4) is 0 Å². The smallest absolute Gasteiger partial charge is 0.395 e. The molecule has 1 atom stereocenters. The maximum atomic E-state index is 12.7. The van der Waals surface area contributed by atoms with Crippen LogP contribution in [0.1, 0.15) is 24.5 Å². The van der Waals surface area contributed by atoms with Crippen molar-refractivity contribution in [2.45, 2.75) is 30.5 Å². The third-order valence-corrected chi connectivity index (χ3v) is 4.44. The predicted octanol–water partition coefficient (Wildman–Crippen LogP) is 2.18. The van der Waals surface area contributed by atoms with Gasteiger partial charge in [0.25, 0.3) is 0 Å². The molecular formula is C14H15F3N2O3S. The summed E-state index contributed by atoms with van der Waals surface area (Å²) in [5.74, 6) is 0.